The van der Waals surface area contributed by atoms with Crippen molar-refractivity contribution < 1.29 is 9.26 Å². The van der Waals surface area contributed by atoms with Crippen LogP contribution in [0.3, 0.4) is 0 Å². The first-order chi connectivity index (χ1) is 8.26. The molecule has 0 bridgehead atoms. The molecule has 5 heteroatoms. The van der Waals surface area contributed by atoms with E-state index in [9.17, 15) is 4.79 Å². The number of aromatic nitrogens is 2. The highest BCUT2D eigenvalue weighted by Gasteiger charge is 2.11. The minimum Gasteiger partial charge on any atom is -0.497 e. The minimum absolute atomic E-state index is 0.129. The molecule has 0 unspecified atom stereocenters. The highest BCUT2D eigenvalue weighted by Crippen LogP contribution is 2.19. The van der Waals surface area contributed by atoms with Crippen molar-refractivity contribution in [2.75, 3.05) is 7.11 Å². The number of methoxy groups -OCH3 is 1. The molecule has 1 aromatic carbocycles. The Kier molecular flexibility index (Phi) is 2.97. The van der Waals surface area contributed by atoms with Crippen molar-refractivity contribution >= 4 is 0 Å². The van der Waals surface area contributed by atoms with Crippen molar-refractivity contribution in [1.82, 2.24) is 9.72 Å². The lowest BCUT2D eigenvalue weighted by Gasteiger charge is -2.02. The Balaban J connectivity index is 2.46. The molecule has 0 atom stereocenters. The fraction of sp³-hybridized carbons (Fsp3) is 0.167. The number of hydrogen-bond acceptors (Lipinski definition) is 4. The average molecular weight is 230 g/mol. The van der Waals surface area contributed by atoms with Crippen LogP contribution in [0.2, 0.25) is 0 Å². The summed E-state index contributed by atoms with van der Waals surface area (Å²) in [5, 5.41) is 3.70. The van der Waals surface area contributed by atoms with E-state index >= 15 is 0 Å². The first-order valence-electron chi connectivity index (χ1n) is 4.90. The summed E-state index contributed by atoms with van der Waals surface area (Å²) in [6.45, 7) is 0.129. The smallest absolute Gasteiger partial charge is 0.442 e. The lowest BCUT2D eigenvalue weighted by atomic mass is 10.2. The zero-order valence-corrected chi connectivity index (χ0v) is 9.21. The third-order valence-corrected chi connectivity index (χ3v) is 2.28. The molecule has 1 aromatic heterocycles. The summed E-state index contributed by atoms with van der Waals surface area (Å²) in [6, 6.07) is 7.11. The lowest BCUT2D eigenvalue weighted by molar-refractivity contribution is 0.379. The summed E-state index contributed by atoms with van der Waals surface area (Å²) in [7, 11) is 1.58. The number of rotatable bonds is 3. The van der Waals surface area contributed by atoms with E-state index in [0.717, 1.165) is 11.3 Å². The van der Waals surface area contributed by atoms with Crippen LogP contribution >= 0.6 is 0 Å². The summed E-state index contributed by atoms with van der Waals surface area (Å²) in [5.41, 5.74) is 0.743. The Hall–Kier alpha value is -2.48. The molecule has 0 saturated carbocycles. The largest absolute Gasteiger partial charge is 0.497 e. The first-order valence-corrected chi connectivity index (χ1v) is 4.90. The molecule has 2 aromatic rings. The van der Waals surface area contributed by atoms with Crippen molar-refractivity contribution in [2.45, 2.75) is 6.54 Å². The molecule has 0 amide bonds. The highest BCUT2D eigenvalue weighted by atomic mass is 16.5. The number of ether oxygens (including phenoxy) is 1. The molecule has 0 aliphatic heterocycles. The van der Waals surface area contributed by atoms with Crippen LogP contribution in [-0.4, -0.2) is 16.8 Å². The van der Waals surface area contributed by atoms with Gasteiger partial charge in [0.05, 0.1) is 13.7 Å². The molecule has 0 N–H and O–H groups in total. The SMILES string of the molecule is C#CCn1c(-c2ccc(OC)cc2)noc1=O. The van der Waals surface area contributed by atoms with Crippen LogP contribution in [-0.2, 0) is 6.54 Å². The quantitative estimate of drug-likeness (QED) is 0.742. The Labute approximate surface area is 97.6 Å². The van der Waals surface area contributed by atoms with Crippen LogP contribution < -0.4 is 10.5 Å². The predicted octanol–water partition coefficient (Wildman–Crippen LogP) is 1.15. The molecule has 0 aliphatic rings. The van der Waals surface area contributed by atoms with E-state index in [0.29, 0.717) is 5.82 Å². The highest BCUT2D eigenvalue weighted by molar-refractivity contribution is 5.56. The lowest BCUT2D eigenvalue weighted by Crippen LogP contribution is -2.14. The minimum atomic E-state index is -0.561. The third kappa shape index (κ3) is 2.06. The fourth-order valence-electron chi connectivity index (χ4n) is 1.45. The van der Waals surface area contributed by atoms with Gasteiger partial charge in [-0.15, -0.1) is 6.42 Å². The molecule has 2 rings (SSSR count). The summed E-state index contributed by atoms with van der Waals surface area (Å²) in [4.78, 5) is 11.3. The molecule has 0 saturated heterocycles. The molecule has 1 heterocycles. The fourth-order valence-corrected chi connectivity index (χ4v) is 1.45. The van der Waals surface area contributed by atoms with E-state index in [-0.39, 0.29) is 6.54 Å². The number of benzene rings is 1. The average Bonchev–Trinajstić information content (AvgIpc) is 2.72. The van der Waals surface area contributed by atoms with Crippen LogP contribution in [0, 0.1) is 12.3 Å². The Bertz CT molecular complexity index is 602. The van der Waals surface area contributed by atoms with Gasteiger partial charge in [-0.05, 0) is 24.3 Å². The maximum absolute atomic E-state index is 11.3. The molecule has 0 fully saturated rings. The van der Waals surface area contributed by atoms with Gasteiger partial charge in [0.25, 0.3) is 0 Å². The van der Waals surface area contributed by atoms with Gasteiger partial charge in [-0.1, -0.05) is 11.1 Å². The zero-order chi connectivity index (χ0) is 12.3. The zero-order valence-electron chi connectivity index (χ0n) is 9.21. The van der Waals surface area contributed by atoms with Crippen LogP contribution in [0.1, 0.15) is 0 Å². The second-order valence-electron chi connectivity index (χ2n) is 3.29. The molecule has 86 valence electrons. The van der Waals surface area contributed by atoms with Crippen LogP contribution in [0.15, 0.2) is 33.6 Å². The van der Waals surface area contributed by atoms with E-state index in [1.165, 1.54) is 4.57 Å². The summed E-state index contributed by atoms with van der Waals surface area (Å²) >= 11 is 0. The van der Waals surface area contributed by atoms with Gasteiger partial charge in [-0.3, -0.25) is 4.52 Å². The van der Waals surface area contributed by atoms with E-state index in [4.69, 9.17) is 11.2 Å². The molecular weight excluding hydrogens is 220 g/mol. The topological polar surface area (TPSA) is 57.3 Å². The molecule has 17 heavy (non-hydrogen) atoms. The van der Waals surface area contributed by atoms with E-state index in [1.807, 2.05) is 0 Å². The Morgan fingerprint density at radius 3 is 2.76 bits per heavy atom. The molecule has 0 aliphatic carbocycles. The summed E-state index contributed by atoms with van der Waals surface area (Å²) < 4.78 is 10.9. The predicted molar refractivity (Wildman–Crippen MR) is 61.6 cm³/mol. The van der Waals surface area contributed by atoms with Gasteiger partial charge >= 0.3 is 5.76 Å². The maximum Gasteiger partial charge on any atom is 0.442 e. The van der Waals surface area contributed by atoms with Crippen LogP contribution in [0.25, 0.3) is 11.4 Å². The second-order valence-corrected chi connectivity index (χ2v) is 3.29. The first kappa shape index (κ1) is 11.0. The van der Waals surface area contributed by atoms with E-state index in [2.05, 4.69) is 15.6 Å². The van der Waals surface area contributed by atoms with Gasteiger partial charge in [0, 0.05) is 5.56 Å². The van der Waals surface area contributed by atoms with E-state index in [1.54, 1.807) is 31.4 Å². The van der Waals surface area contributed by atoms with Gasteiger partial charge in [-0.25, -0.2) is 9.36 Å². The molecular formula is C12H10N2O3. The van der Waals surface area contributed by atoms with Crippen LogP contribution in [0.5, 0.6) is 5.75 Å². The third-order valence-electron chi connectivity index (χ3n) is 2.28. The standard InChI is InChI=1S/C12H10N2O3/c1-3-8-14-11(13-17-12(14)15)9-4-6-10(16-2)7-5-9/h1,4-7H,8H2,2H3. The number of hydrogen-bond donors (Lipinski definition) is 0. The Morgan fingerprint density at radius 2 is 2.18 bits per heavy atom. The van der Waals surface area contributed by atoms with Gasteiger partial charge in [0.1, 0.15) is 5.75 Å². The van der Waals surface area contributed by atoms with Gasteiger partial charge in [-0.2, -0.15) is 0 Å². The molecule has 0 radical (unpaired) electrons. The van der Waals surface area contributed by atoms with Gasteiger partial charge in [0.15, 0.2) is 5.82 Å². The van der Waals surface area contributed by atoms with Crippen molar-refractivity contribution in [3.05, 3.63) is 34.8 Å². The van der Waals surface area contributed by atoms with E-state index < -0.39 is 5.76 Å². The van der Waals surface area contributed by atoms with Crippen molar-refractivity contribution in [2.24, 2.45) is 0 Å². The maximum atomic E-state index is 11.3. The van der Waals surface area contributed by atoms with Crippen molar-refractivity contribution in [1.29, 1.82) is 0 Å². The summed E-state index contributed by atoms with van der Waals surface area (Å²) in [5.74, 6) is 2.96. The van der Waals surface area contributed by atoms with Crippen molar-refractivity contribution in [3.63, 3.8) is 0 Å². The molecule has 0 spiro atoms. The normalized spacial score (nSPS) is 9.88. The second kappa shape index (κ2) is 4.58. The molecule has 5 nitrogen and oxygen atoms in total. The summed E-state index contributed by atoms with van der Waals surface area (Å²) in [6.07, 6.45) is 5.18. The monoisotopic (exact) mass is 230 g/mol. The number of terminal acetylenes is 1. The Morgan fingerprint density at radius 1 is 1.47 bits per heavy atom. The van der Waals surface area contributed by atoms with Gasteiger partial charge < -0.3 is 4.74 Å². The van der Waals surface area contributed by atoms with Crippen molar-refractivity contribution in [3.8, 4) is 29.5 Å². The van der Waals surface area contributed by atoms with Gasteiger partial charge in [0.2, 0.25) is 0 Å². The number of nitrogens with zero attached hydrogens (tertiary/aromatic N) is 2. The van der Waals surface area contributed by atoms with Crippen LogP contribution in [0.4, 0.5) is 0 Å².